The number of nitrogen functional groups attached to an aromatic ring is 2. The van der Waals surface area contributed by atoms with E-state index < -0.39 is 16.6 Å². The Labute approximate surface area is 215 Å². The zero-order chi connectivity index (χ0) is 27.6. The number of para-hydroxylation sites is 1. The van der Waals surface area contributed by atoms with Crippen molar-refractivity contribution >= 4 is 27.5 Å². The number of aryl methyl sites for hydroxylation is 2. The second-order valence-electron chi connectivity index (χ2n) is 7.93. The summed E-state index contributed by atoms with van der Waals surface area (Å²) in [6.45, 7) is 5.01. The number of aromatic nitrogens is 2. The summed E-state index contributed by atoms with van der Waals surface area (Å²) in [7, 11) is -4.54. The standard InChI is InChI=1S/C10H10N2O.C9H13NO5S.C6H8N2/c1-8-7-10(13)12(11-8)9-5-3-2-4-6-9;1-6-3-4-8(10-7(2)11)5-9(6)15-16(12,13)14;7-5-2-1-3-6(8)4-5/h2-7,11H,1H3;3-5,7,10-11H,1-2H3,(H,12,13,14);1-4H,7-8H2. The van der Waals surface area contributed by atoms with Crippen LogP contribution in [0.4, 0.5) is 17.1 Å². The van der Waals surface area contributed by atoms with Gasteiger partial charge in [0, 0.05) is 34.9 Å². The van der Waals surface area contributed by atoms with Crippen molar-refractivity contribution in [2.45, 2.75) is 27.0 Å². The van der Waals surface area contributed by atoms with E-state index in [0.29, 0.717) is 22.6 Å². The number of H-pyrrole nitrogens is 1. The molecule has 1 heterocycles. The van der Waals surface area contributed by atoms with Gasteiger partial charge >= 0.3 is 10.4 Å². The molecule has 1 unspecified atom stereocenters. The van der Waals surface area contributed by atoms with Crippen molar-refractivity contribution in [2.75, 3.05) is 16.8 Å². The van der Waals surface area contributed by atoms with E-state index >= 15 is 0 Å². The molecule has 0 saturated carbocycles. The molecule has 0 amide bonds. The Morgan fingerprint density at radius 1 is 0.946 bits per heavy atom. The maximum atomic E-state index is 11.4. The zero-order valence-electron chi connectivity index (χ0n) is 20.6. The average molecular weight is 530 g/mol. The fourth-order valence-electron chi connectivity index (χ4n) is 2.98. The Morgan fingerprint density at radius 3 is 2.03 bits per heavy atom. The lowest BCUT2D eigenvalue weighted by Gasteiger charge is -2.11. The molecular formula is C25H31N5O6S. The van der Waals surface area contributed by atoms with Crippen molar-refractivity contribution in [1.29, 1.82) is 0 Å². The first-order valence-corrected chi connectivity index (χ1v) is 12.4. The lowest BCUT2D eigenvalue weighted by Crippen LogP contribution is -2.14. The van der Waals surface area contributed by atoms with Crippen LogP contribution in [0.3, 0.4) is 0 Å². The molecule has 0 spiro atoms. The number of aromatic amines is 1. The van der Waals surface area contributed by atoms with E-state index in [2.05, 4.69) is 14.6 Å². The van der Waals surface area contributed by atoms with Crippen molar-refractivity contribution in [3.63, 3.8) is 0 Å². The lowest BCUT2D eigenvalue weighted by atomic mass is 10.2. The van der Waals surface area contributed by atoms with Gasteiger partial charge in [-0.25, -0.2) is 4.68 Å². The van der Waals surface area contributed by atoms with E-state index in [1.54, 1.807) is 43.3 Å². The summed E-state index contributed by atoms with van der Waals surface area (Å²) in [4.78, 5) is 11.4. The lowest BCUT2D eigenvalue weighted by molar-refractivity contribution is 0.224. The number of aliphatic hydroxyl groups is 1. The maximum absolute atomic E-state index is 11.4. The van der Waals surface area contributed by atoms with Crippen molar-refractivity contribution < 1.29 is 22.3 Å². The van der Waals surface area contributed by atoms with Crippen LogP contribution in [0.2, 0.25) is 0 Å². The quantitative estimate of drug-likeness (QED) is 0.128. The molecule has 3 aromatic carbocycles. The number of hydrogen-bond donors (Lipinski definition) is 6. The van der Waals surface area contributed by atoms with Crippen LogP contribution in [-0.2, 0) is 10.4 Å². The molecule has 1 aromatic heterocycles. The fourth-order valence-corrected chi connectivity index (χ4v) is 3.38. The van der Waals surface area contributed by atoms with Gasteiger partial charge in [0.15, 0.2) is 0 Å². The highest BCUT2D eigenvalue weighted by molar-refractivity contribution is 7.81. The summed E-state index contributed by atoms with van der Waals surface area (Å²) < 4.78 is 35.5. The van der Waals surface area contributed by atoms with Crippen LogP contribution in [0.15, 0.2) is 83.7 Å². The molecule has 12 heteroatoms. The molecule has 0 fully saturated rings. The molecule has 0 bridgehead atoms. The van der Waals surface area contributed by atoms with Gasteiger partial charge in [-0.05, 0) is 62.7 Å². The molecule has 0 aliphatic carbocycles. The summed E-state index contributed by atoms with van der Waals surface area (Å²) in [6, 6.07) is 22.8. The molecule has 0 saturated heterocycles. The van der Waals surface area contributed by atoms with E-state index in [1.165, 1.54) is 17.7 Å². The van der Waals surface area contributed by atoms with Crippen LogP contribution in [-0.4, -0.2) is 34.1 Å². The van der Waals surface area contributed by atoms with E-state index in [0.717, 1.165) is 11.4 Å². The molecule has 0 radical (unpaired) electrons. The van der Waals surface area contributed by atoms with Gasteiger partial charge in [0.25, 0.3) is 5.56 Å². The third kappa shape index (κ3) is 10.5. The highest BCUT2D eigenvalue weighted by atomic mass is 32.3. The van der Waals surface area contributed by atoms with Crippen molar-refractivity contribution in [3.05, 3.63) is 100 Å². The molecule has 8 N–H and O–H groups in total. The Bertz CT molecular complexity index is 1430. The van der Waals surface area contributed by atoms with Gasteiger partial charge in [-0.2, -0.15) is 8.42 Å². The third-order valence-electron chi connectivity index (χ3n) is 4.53. The third-order valence-corrected chi connectivity index (χ3v) is 4.92. The topological polar surface area (TPSA) is 186 Å². The summed E-state index contributed by atoms with van der Waals surface area (Å²) in [5.74, 6) is 0.00755. The molecule has 1 atom stereocenters. The van der Waals surface area contributed by atoms with Crippen LogP contribution in [0.5, 0.6) is 5.75 Å². The highest BCUT2D eigenvalue weighted by Crippen LogP contribution is 2.24. The minimum atomic E-state index is -4.54. The fraction of sp³-hybridized carbons (Fsp3) is 0.160. The van der Waals surface area contributed by atoms with E-state index in [1.807, 2.05) is 43.3 Å². The minimum Gasteiger partial charge on any atom is -0.399 e. The molecule has 4 rings (SSSR count). The number of aliphatic hydroxyl groups excluding tert-OH is 1. The normalized spacial score (nSPS) is 11.3. The second kappa shape index (κ2) is 13.2. The summed E-state index contributed by atoms with van der Waals surface area (Å²) in [5, 5.41) is 14.7. The van der Waals surface area contributed by atoms with Gasteiger partial charge in [-0.3, -0.25) is 14.4 Å². The van der Waals surface area contributed by atoms with Gasteiger partial charge in [0.2, 0.25) is 0 Å². The second-order valence-corrected chi connectivity index (χ2v) is 8.95. The van der Waals surface area contributed by atoms with E-state index in [9.17, 15) is 13.2 Å². The molecule has 0 aliphatic heterocycles. The largest absolute Gasteiger partial charge is 0.446 e. The van der Waals surface area contributed by atoms with Crippen molar-refractivity contribution in [2.24, 2.45) is 0 Å². The van der Waals surface area contributed by atoms with Crippen LogP contribution >= 0.6 is 0 Å². The van der Waals surface area contributed by atoms with Crippen LogP contribution in [0.25, 0.3) is 5.69 Å². The number of rotatable bonds is 5. The van der Waals surface area contributed by atoms with Gasteiger partial charge < -0.3 is 26.1 Å². The zero-order valence-corrected chi connectivity index (χ0v) is 21.4. The number of benzene rings is 3. The van der Waals surface area contributed by atoms with Crippen LogP contribution in [0.1, 0.15) is 18.2 Å². The first kappa shape index (κ1) is 29.0. The minimum absolute atomic E-state index is 0.00755. The molecule has 0 aliphatic rings. The van der Waals surface area contributed by atoms with Crippen LogP contribution in [0, 0.1) is 13.8 Å². The predicted molar refractivity (Wildman–Crippen MR) is 145 cm³/mol. The SMILES string of the molecule is Cc1cc(=O)n(-c2ccccc2)[nH]1.Cc1ccc(NC(C)O)cc1OS(=O)(=O)O.Nc1cccc(N)c1. The highest BCUT2D eigenvalue weighted by Gasteiger charge is 2.10. The number of nitrogens with zero attached hydrogens (tertiary/aromatic N) is 1. The van der Waals surface area contributed by atoms with Crippen molar-refractivity contribution in [3.8, 4) is 11.4 Å². The van der Waals surface area contributed by atoms with Gasteiger partial charge in [-0.15, -0.1) is 0 Å². The Balaban J connectivity index is 0.000000205. The Kier molecular flexibility index (Phi) is 10.3. The maximum Gasteiger partial charge on any atom is 0.446 e. The average Bonchev–Trinajstić information content (AvgIpc) is 3.14. The number of nitrogens with one attached hydrogen (secondary N) is 2. The number of hydrogen-bond acceptors (Lipinski definition) is 8. The molecule has 11 nitrogen and oxygen atoms in total. The molecular weight excluding hydrogens is 498 g/mol. The van der Waals surface area contributed by atoms with E-state index in [4.69, 9.17) is 21.1 Å². The monoisotopic (exact) mass is 529 g/mol. The first-order valence-electron chi connectivity index (χ1n) is 11.0. The van der Waals surface area contributed by atoms with E-state index in [-0.39, 0.29) is 11.3 Å². The predicted octanol–water partition coefficient (Wildman–Crippen LogP) is 3.25. The summed E-state index contributed by atoms with van der Waals surface area (Å²) >= 11 is 0. The molecule has 37 heavy (non-hydrogen) atoms. The van der Waals surface area contributed by atoms with Crippen LogP contribution < -0.4 is 26.5 Å². The molecule has 4 aromatic rings. The number of anilines is 3. The molecule has 198 valence electrons. The summed E-state index contributed by atoms with van der Waals surface area (Å²) in [5.41, 5.74) is 14.9. The van der Waals surface area contributed by atoms with Gasteiger partial charge in [-0.1, -0.05) is 30.3 Å². The summed E-state index contributed by atoms with van der Waals surface area (Å²) in [6.07, 6.45) is -0.777. The van der Waals surface area contributed by atoms with Gasteiger partial charge in [0.05, 0.1) is 5.69 Å². The first-order chi connectivity index (χ1) is 17.3. The Hall–Kier alpha value is -4.26. The number of nitrogens with two attached hydrogens (primary N) is 2. The smallest absolute Gasteiger partial charge is 0.399 e. The van der Waals surface area contributed by atoms with Crippen molar-refractivity contribution in [1.82, 2.24) is 9.78 Å². The Morgan fingerprint density at radius 2 is 1.57 bits per heavy atom. The van der Waals surface area contributed by atoms with Gasteiger partial charge in [0.1, 0.15) is 12.0 Å².